The van der Waals surface area contributed by atoms with Crippen molar-refractivity contribution in [1.82, 2.24) is 9.80 Å². The molecule has 3 aliphatic heterocycles. The van der Waals surface area contributed by atoms with E-state index in [1.54, 1.807) is 0 Å². The number of likely N-dealkylation sites (N-methyl/N-ethyl adjacent to an activating group) is 1. The number of amides is 1. The maximum Gasteiger partial charge on any atom is 0.227 e. The van der Waals surface area contributed by atoms with Gasteiger partial charge in [0.25, 0.3) is 0 Å². The second-order valence-electron chi connectivity index (χ2n) is 5.94. The topological polar surface area (TPSA) is 32.8 Å². The summed E-state index contributed by atoms with van der Waals surface area (Å²) in [6.07, 6.45) is 2.16. The molecule has 114 valence electrons. The monoisotopic (exact) mass is 308 g/mol. The first-order valence-electron chi connectivity index (χ1n) is 7.51. The summed E-state index contributed by atoms with van der Waals surface area (Å²) in [7, 11) is 1.94. The lowest BCUT2D eigenvalue weighted by molar-refractivity contribution is -0.138. The van der Waals surface area contributed by atoms with Crippen molar-refractivity contribution in [2.45, 2.75) is 18.9 Å². The Balaban J connectivity index is 1.52. The molecule has 0 unspecified atom stereocenters. The molecular formula is C16H21ClN2O2. The van der Waals surface area contributed by atoms with E-state index in [0.717, 1.165) is 38.2 Å². The molecule has 0 saturated carbocycles. The van der Waals surface area contributed by atoms with Gasteiger partial charge in [0.2, 0.25) is 5.91 Å². The Morgan fingerprint density at radius 3 is 2.76 bits per heavy atom. The molecule has 1 aromatic rings. The van der Waals surface area contributed by atoms with Gasteiger partial charge in [-0.1, -0.05) is 11.6 Å². The van der Waals surface area contributed by atoms with E-state index in [2.05, 4.69) is 4.90 Å². The summed E-state index contributed by atoms with van der Waals surface area (Å²) < 4.78 is 5.75. The summed E-state index contributed by atoms with van der Waals surface area (Å²) >= 11 is 5.85. The van der Waals surface area contributed by atoms with Crippen molar-refractivity contribution in [3.05, 3.63) is 29.3 Å². The second kappa shape index (κ2) is 6.24. The van der Waals surface area contributed by atoms with E-state index in [0.29, 0.717) is 23.6 Å². The molecule has 0 aromatic heterocycles. The Bertz CT molecular complexity index is 506. The van der Waals surface area contributed by atoms with Crippen LogP contribution in [0, 0.1) is 5.92 Å². The van der Waals surface area contributed by atoms with Gasteiger partial charge in [0.15, 0.2) is 0 Å². The zero-order chi connectivity index (χ0) is 14.8. The molecule has 0 N–H and O–H groups in total. The van der Waals surface area contributed by atoms with Crippen molar-refractivity contribution >= 4 is 17.5 Å². The van der Waals surface area contributed by atoms with Crippen molar-refractivity contribution in [3.8, 4) is 5.75 Å². The maximum atomic E-state index is 12.1. The first-order chi connectivity index (χ1) is 10.1. The molecule has 5 heteroatoms. The number of benzene rings is 1. The Morgan fingerprint density at radius 2 is 2.00 bits per heavy atom. The van der Waals surface area contributed by atoms with E-state index in [1.807, 2.05) is 36.2 Å². The van der Waals surface area contributed by atoms with Gasteiger partial charge in [0.1, 0.15) is 12.4 Å². The van der Waals surface area contributed by atoms with E-state index < -0.39 is 0 Å². The lowest BCUT2D eigenvalue weighted by Gasteiger charge is -2.32. The number of fused-ring (bicyclic) bond motifs is 4. The number of hydrogen-bond donors (Lipinski definition) is 0. The minimum Gasteiger partial charge on any atom is -0.492 e. The standard InChI is InChI=1S/C16H21ClN2O2/c1-18-14-5-2-12(16(18)20)10-19(11-14)8-9-21-15-6-3-13(17)4-7-15/h3-4,6-7,12,14H,2,5,8-11H2,1H3/t12-,14+/m0/s1. The van der Waals surface area contributed by atoms with E-state index in [9.17, 15) is 4.79 Å². The van der Waals surface area contributed by atoms with E-state index in [1.165, 1.54) is 0 Å². The van der Waals surface area contributed by atoms with Gasteiger partial charge in [-0.05, 0) is 37.1 Å². The number of nitrogens with zero attached hydrogens (tertiary/aromatic N) is 2. The van der Waals surface area contributed by atoms with Crippen molar-refractivity contribution in [2.24, 2.45) is 5.92 Å². The third-order valence-corrected chi connectivity index (χ3v) is 4.78. The summed E-state index contributed by atoms with van der Waals surface area (Å²) in [6.45, 7) is 3.32. The molecule has 3 aliphatic rings. The Hall–Kier alpha value is -1.26. The van der Waals surface area contributed by atoms with Gasteiger partial charge < -0.3 is 9.64 Å². The highest BCUT2D eigenvalue weighted by atomic mass is 35.5. The number of carbonyl (C=O) groups is 1. The van der Waals surface area contributed by atoms with Crippen LogP contribution < -0.4 is 4.74 Å². The fraction of sp³-hybridized carbons (Fsp3) is 0.562. The van der Waals surface area contributed by atoms with Crippen LogP contribution in [0.3, 0.4) is 0 Å². The van der Waals surface area contributed by atoms with Gasteiger partial charge in [0.05, 0.1) is 5.92 Å². The number of ether oxygens (including phenoxy) is 1. The molecule has 0 spiro atoms. The fourth-order valence-corrected chi connectivity index (χ4v) is 3.38. The average Bonchev–Trinajstić information content (AvgIpc) is 2.75. The highest BCUT2D eigenvalue weighted by Crippen LogP contribution is 2.27. The van der Waals surface area contributed by atoms with Crippen LogP contribution in [-0.2, 0) is 4.79 Å². The van der Waals surface area contributed by atoms with Crippen molar-refractivity contribution in [1.29, 1.82) is 0 Å². The third-order valence-electron chi connectivity index (χ3n) is 4.53. The van der Waals surface area contributed by atoms with Crippen LogP contribution >= 0.6 is 11.6 Å². The van der Waals surface area contributed by atoms with Gasteiger partial charge >= 0.3 is 0 Å². The minimum atomic E-state index is 0.171. The molecule has 1 amide bonds. The first kappa shape index (κ1) is 14.7. The molecule has 0 aliphatic carbocycles. The number of hydrogen-bond acceptors (Lipinski definition) is 3. The molecule has 3 heterocycles. The summed E-state index contributed by atoms with van der Waals surface area (Å²) in [5.74, 6) is 1.32. The maximum absolute atomic E-state index is 12.1. The summed E-state index contributed by atoms with van der Waals surface area (Å²) in [5.41, 5.74) is 0. The average molecular weight is 309 g/mol. The minimum absolute atomic E-state index is 0.171. The summed E-state index contributed by atoms with van der Waals surface area (Å²) in [6, 6.07) is 7.79. The number of rotatable bonds is 4. The predicted octanol–water partition coefficient (Wildman–Crippen LogP) is 2.27. The zero-order valence-electron chi connectivity index (χ0n) is 12.3. The van der Waals surface area contributed by atoms with Crippen LogP contribution in [0.25, 0.3) is 0 Å². The van der Waals surface area contributed by atoms with E-state index in [4.69, 9.17) is 16.3 Å². The molecule has 3 fully saturated rings. The first-order valence-corrected chi connectivity index (χ1v) is 7.88. The van der Waals surface area contributed by atoms with Crippen molar-refractivity contribution in [3.63, 3.8) is 0 Å². The van der Waals surface area contributed by atoms with E-state index >= 15 is 0 Å². The SMILES string of the molecule is CN1C(=O)[C@H]2CC[C@@H]1CN(CCOc1ccc(Cl)cc1)C2. The predicted molar refractivity (Wildman–Crippen MR) is 82.7 cm³/mol. The molecular weight excluding hydrogens is 288 g/mol. The highest BCUT2D eigenvalue weighted by molar-refractivity contribution is 6.30. The van der Waals surface area contributed by atoms with Crippen LogP contribution in [0.1, 0.15) is 12.8 Å². The van der Waals surface area contributed by atoms with Gasteiger partial charge in [-0.15, -0.1) is 0 Å². The molecule has 4 rings (SSSR count). The lowest BCUT2D eigenvalue weighted by atomic mass is 9.95. The lowest BCUT2D eigenvalue weighted by Crippen LogP contribution is -2.45. The number of carbonyl (C=O) groups excluding carboxylic acids is 1. The van der Waals surface area contributed by atoms with Crippen LogP contribution in [0.15, 0.2) is 24.3 Å². The Labute approximate surface area is 130 Å². The van der Waals surface area contributed by atoms with Gasteiger partial charge in [-0.3, -0.25) is 9.69 Å². The van der Waals surface area contributed by atoms with E-state index in [-0.39, 0.29) is 5.92 Å². The van der Waals surface area contributed by atoms with Crippen LogP contribution in [0.4, 0.5) is 0 Å². The molecule has 4 nitrogen and oxygen atoms in total. The highest BCUT2D eigenvalue weighted by Gasteiger charge is 2.38. The Morgan fingerprint density at radius 1 is 1.24 bits per heavy atom. The zero-order valence-corrected chi connectivity index (χ0v) is 13.1. The molecule has 1 aromatic carbocycles. The van der Waals surface area contributed by atoms with Gasteiger partial charge in [-0.25, -0.2) is 0 Å². The molecule has 21 heavy (non-hydrogen) atoms. The normalized spacial score (nSPS) is 26.0. The number of halogens is 1. The van der Waals surface area contributed by atoms with Crippen molar-refractivity contribution < 1.29 is 9.53 Å². The third kappa shape index (κ3) is 3.33. The van der Waals surface area contributed by atoms with Crippen molar-refractivity contribution in [2.75, 3.05) is 33.3 Å². The smallest absolute Gasteiger partial charge is 0.227 e. The second-order valence-corrected chi connectivity index (χ2v) is 6.38. The number of piperidine rings is 1. The summed E-state index contributed by atoms with van der Waals surface area (Å²) in [4.78, 5) is 16.4. The summed E-state index contributed by atoms with van der Waals surface area (Å²) in [5, 5.41) is 0.716. The van der Waals surface area contributed by atoms with Crippen LogP contribution in [-0.4, -0.2) is 55.0 Å². The molecule has 2 atom stereocenters. The quantitative estimate of drug-likeness (QED) is 0.855. The molecule has 3 saturated heterocycles. The largest absolute Gasteiger partial charge is 0.492 e. The van der Waals surface area contributed by atoms with Crippen LogP contribution in [0.2, 0.25) is 5.02 Å². The molecule has 0 radical (unpaired) electrons. The Kier molecular flexibility index (Phi) is 4.36. The van der Waals surface area contributed by atoms with Crippen LogP contribution in [0.5, 0.6) is 5.75 Å². The molecule has 2 bridgehead atoms. The van der Waals surface area contributed by atoms with Gasteiger partial charge in [0, 0.05) is 37.7 Å². The van der Waals surface area contributed by atoms with Gasteiger partial charge in [-0.2, -0.15) is 0 Å². The fourth-order valence-electron chi connectivity index (χ4n) is 3.25.